The van der Waals surface area contributed by atoms with E-state index >= 15 is 0 Å². The molecule has 8 nitrogen and oxygen atoms in total. The summed E-state index contributed by atoms with van der Waals surface area (Å²) in [4.78, 5) is 33.3. The number of amides is 1. The van der Waals surface area contributed by atoms with Gasteiger partial charge in [-0.2, -0.15) is 0 Å². The summed E-state index contributed by atoms with van der Waals surface area (Å²) in [6.07, 6.45) is 5.97. The molecule has 3 heterocycles. The van der Waals surface area contributed by atoms with Crippen LogP contribution in [0.2, 0.25) is 0 Å². The van der Waals surface area contributed by atoms with Gasteiger partial charge in [-0.25, -0.2) is 4.98 Å². The molecule has 0 saturated carbocycles. The predicted octanol–water partition coefficient (Wildman–Crippen LogP) is 5.26. The average Bonchev–Trinajstić information content (AvgIpc) is 3.02. The number of aromatic nitrogens is 3. The lowest BCUT2D eigenvalue weighted by Gasteiger charge is -2.35. The quantitative estimate of drug-likeness (QED) is 0.279. The molecule has 1 N–H and O–H groups in total. The molecule has 0 radical (unpaired) electrons. The molecule has 1 fully saturated rings. The molecule has 8 heteroatoms. The van der Waals surface area contributed by atoms with Crippen molar-refractivity contribution in [2.75, 3.05) is 55.4 Å². The molecule has 0 spiro atoms. The maximum atomic E-state index is 12.6. The first kappa shape index (κ1) is 27.4. The molecule has 42 heavy (non-hydrogen) atoms. The molecule has 0 bridgehead atoms. The van der Waals surface area contributed by atoms with E-state index in [0.29, 0.717) is 6.42 Å². The third kappa shape index (κ3) is 6.56. The lowest BCUT2D eigenvalue weighted by atomic mass is 10.0. The van der Waals surface area contributed by atoms with Gasteiger partial charge in [0.1, 0.15) is 5.82 Å². The second-order valence-corrected chi connectivity index (χ2v) is 10.9. The van der Waals surface area contributed by atoms with E-state index in [-0.39, 0.29) is 5.91 Å². The van der Waals surface area contributed by atoms with Crippen molar-refractivity contribution in [3.8, 4) is 11.1 Å². The molecular formula is C34H35N7O. The van der Waals surface area contributed by atoms with Crippen molar-refractivity contribution < 1.29 is 4.79 Å². The Morgan fingerprint density at radius 2 is 1.60 bits per heavy atom. The minimum absolute atomic E-state index is 0.0354. The summed E-state index contributed by atoms with van der Waals surface area (Å²) in [6.45, 7) is 4.69. The van der Waals surface area contributed by atoms with Crippen LogP contribution in [0, 0.1) is 0 Å². The van der Waals surface area contributed by atoms with E-state index in [0.717, 1.165) is 77.6 Å². The summed E-state index contributed by atoms with van der Waals surface area (Å²) >= 11 is 0. The number of carbonyl (C=O) groups is 1. The van der Waals surface area contributed by atoms with Gasteiger partial charge in [-0.15, -0.1) is 0 Å². The Bertz CT molecular complexity index is 1650. The van der Waals surface area contributed by atoms with Crippen LogP contribution in [0.1, 0.15) is 11.1 Å². The number of fused-ring (bicyclic) bond motifs is 1. The van der Waals surface area contributed by atoms with E-state index in [1.54, 1.807) is 0 Å². The van der Waals surface area contributed by atoms with E-state index in [1.807, 2.05) is 98.2 Å². The van der Waals surface area contributed by atoms with Gasteiger partial charge in [0.05, 0.1) is 23.7 Å². The highest BCUT2D eigenvalue weighted by molar-refractivity contribution is 5.92. The first-order valence-corrected chi connectivity index (χ1v) is 14.3. The summed E-state index contributed by atoms with van der Waals surface area (Å²) in [5.74, 6) is 0.877. The fourth-order valence-corrected chi connectivity index (χ4v) is 5.27. The molecule has 1 saturated heterocycles. The summed E-state index contributed by atoms with van der Waals surface area (Å²) < 4.78 is 0. The number of pyridine rings is 1. The normalized spacial score (nSPS) is 13.7. The van der Waals surface area contributed by atoms with Gasteiger partial charge >= 0.3 is 0 Å². The number of hydrogen-bond acceptors (Lipinski definition) is 7. The Balaban J connectivity index is 1.08. The van der Waals surface area contributed by atoms with Crippen LogP contribution in [0.15, 0.2) is 97.5 Å². The first-order chi connectivity index (χ1) is 20.5. The molecule has 3 aromatic carbocycles. The average molecular weight is 558 g/mol. The number of anilines is 3. The van der Waals surface area contributed by atoms with Gasteiger partial charge in [0, 0.05) is 70.6 Å². The number of hydrogen-bond donors (Lipinski definition) is 1. The number of nitrogens with one attached hydrogen (secondary N) is 1. The van der Waals surface area contributed by atoms with Crippen LogP contribution in [-0.2, 0) is 17.8 Å². The fourth-order valence-electron chi connectivity index (χ4n) is 5.27. The van der Waals surface area contributed by atoms with Gasteiger partial charge in [0.2, 0.25) is 5.91 Å². The van der Waals surface area contributed by atoms with Gasteiger partial charge in [-0.3, -0.25) is 19.7 Å². The SMILES string of the molecule is CN(C)c1ccc(CC(=O)Nc2ccc(-c3ccc4ncc(N5CCN(Cc6cccnc6)CC5)nc4c3)cc2)cc1. The highest BCUT2D eigenvalue weighted by Crippen LogP contribution is 2.26. The fraction of sp³-hybridized carbons (Fsp3) is 0.235. The second-order valence-electron chi connectivity index (χ2n) is 10.9. The van der Waals surface area contributed by atoms with Crippen LogP contribution in [0.3, 0.4) is 0 Å². The second kappa shape index (κ2) is 12.4. The topological polar surface area (TPSA) is 77.5 Å². The monoisotopic (exact) mass is 557 g/mol. The maximum Gasteiger partial charge on any atom is 0.228 e. The van der Waals surface area contributed by atoms with Crippen molar-refractivity contribution in [2.24, 2.45) is 0 Å². The molecule has 0 unspecified atom stereocenters. The largest absolute Gasteiger partial charge is 0.378 e. The third-order valence-corrected chi connectivity index (χ3v) is 7.67. The maximum absolute atomic E-state index is 12.6. The van der Waals surface area contributed by atoms with Gasteiger partial charge < -0.3 is 15.1 Å². The van der Waals surface area contributed by atoms with Crippen LogP contribution < -0.4 is 15.1 Å². The zero-order valence-electron chi connectivity index (χ0n) is 24.1. The smallest absolute Gasteiger partial charge is 0.228 e. The predicted molar refractivity (Wildman–Crippen MR) is 170 cm³/mol. The van der Waals surface area contributed by atoms with Crippen LogP contribution in [0.5, 0.6) is 0 Å². The van der Waals surface area contributed by atoms with Crippen molar-refractivity contribution >= 4 is 34.1 Å². The number of piperazine rings is 1. The molecule has 1 aliphatic rings. The Morgan fingerprint density at radius 3 is 2.31 bits per heavy atom. The molecule has 1 aliphatic heterocycles. The molecule has 2 aromatic heterocycles. The molecule has 1 amide bonds. The summed E-state index contributed by atoms with van der Waals surface area (Å²) in [7, 11) is 4.01. The lowest BCUT2D eigenvalue weighted by molar-refractivity contribution is -0.115. The van der Waals surface area contributed by atoms with E-state index in [2.05, 4.69) is 38.3 Å². The van der Waals surface area contributed by atoms with E-state index in [9.17, 15) is 4.79 Å². The van der Waals surface area contributed by atoms with Crippen LogP contribution in [-0.4, -0.2) is 66.0 Å². The molecule has 212 valence electrons. The number of rotatable bonds is 8. The Kier molecular flexibility index (Phi) is 8.05. The molecule has 0 atom stereocenters. The highest BCUT2D eigenvalue weighted by Gasteiger charge is 2.19. The number of nitrogens with zero attached hydrogens (tertiary/aromatic N) is 6. The molecule has 0 aliphatic carbocycles. The van der Waals surface area contributed by atoms with Crippen LogP contribution >= 0.6 is 0 Å². The van der Waals surface area contributed by atoms with Crippen LogP contribution in [0.4, 0.5) is 17.2 Å². The van der Waals surface area contributed by atoms with Gasteiger partial charge in [-0.1, -0.05) is 36.4 Å². The van der Waals surface area contributed by atoms with Gasteiger partial charge in [-0.05, 0) is 64.7 Å². The van der Waals surface area contributed by atoms with Crippen molar-refractivity contribution in [2.45, 2.75) is 13.0 Å². The number of benzene rings is 3. The van der Waals surface area contributed by atoms with Crippen LogP contribution in [0.25, 0.3) is 22.2 Å². The highest BCUT2D eigenvalue weighted by atomic mass is 16.1. The van der Waals surface area contributed by atoms with Crippen molar-refractivity contribution in [3.05, 3.63) is 109 Å². The lowest BCUT2D eigenvalue weighted by Crippen LogP contribution is -2.46. The van der Waals surface area contributed by atoms with Gasteiger partial charge in [0.25, 0.3) is 0 Å². The third-order valence-electron chi connectivity index (χ3n) is 7.67. The van der Waals surface area contributed by atoms with Crippen molar-refractivity contribution in [3.63, 3.8) is 0 Å². The molecule has 5 aromatic rings. The van der Waals surface area contributed by atoms with E-state index in [4.69, 9.17) is 9.97 Å². The standard InChI is InChI=1S/C34H35N7O/c1-39(2)30-12-5-25(6-13-30)20-34(42)37-29-10-7-27(8-11-29)28-9-14-31-32(21-28)38-33(23-36-31)41-18-16-40(17-19-41)24-26-4-3-15-35-22-26/h3-15,21-23H,16-20,24H2,1-2H3,(H,37,42). The zero-order valence-corrected chi connectivity index (χ0v) is 24.1. The number of carbonyl (C=O) groups excluding carboxylic acids is 1. The summed E-state index contributed by atoms with van der Waals surface area (Å²) in [6, 6.07) is 26.3. The molecular weight excluding hydrogens is 522 g/mol. The Hall–Kier alpha value is -4.82. The Morgan fingerprint density at radius 1 is 0.833 bits per heavy atom. The minimum Gasteiger partial charge on any atom is -0.378 e. The molecule has 6 rings (SSSR count). The van der Waals surface area contributed by atoms with Crippen molar-refractivity contribution in [1.82, 2.24) is 19.9 Å². The van der Waals surface area contributed by atoms with E-state index < -0.39 is 0 Å². The van der Waals surface area contributed by atoms with Gasteiger partial charge in [0.15, 0.2) is 0 Å². The zero-order chi connectivity index (χ0) is 28.9. The van der Waals surface area contributed by atoms with E-state index in [1.165, 1.54) is 5.56 Å². The van der Waals surface area contributed by atoms with Crippen molar-refractivity contribution in [1.29, 1.82) is 0 Å². The minimum atomic E-state index is -0.0354. The Labute approximate surface area is 246 Å². The first-order valence-electron chi connectivity index (χ1n) is 14.3. The summed E-state index contributed by atoms with van der Waals surface area (Å²) in [5.41, 5.74) is 7.99. The summed E-state index contributed by atoms with van der Waals surface area (Å²) in [5, 5.41) is 3.01.